The maximum Gasteiger partial charge on any atom is 0.0406 e. The largest absolute Gasteiger partial charge is 0.103 e. The second kappa shape index (κ2) is 5.71. The van der Waals surface area contributed by atoms with Gasteiger partial charge in [0.2, 0.25) is 0 Å². The zero-order valence-electron chi connectivity index (χ0n) is 11.5. The highest BCUT2D eigenvalue weighted by Gasteiger charge is 2.35. The van der Waals surface area contributed by atoms with Crippen molar-refractivity contribution in [3.8, 4) is 0 Å². The third-order valence-corrected chi connectivity index (χ3v) is 5.58. The number of halogens is 1. The first kappa shape index (κ1) is 13.2. The van der Waals surface area contributed by atoms with Gasteiger partial charge in [-0.1, -0.05) is 29.8 Å². The molecule has 0 saturated heterocycles. The topological polar surface area (TPSA) is 0 Å². The molecule has 3 rings (SSSR count). The van der Waals surface area contributed by atoms with E-state index in [9.17, 15) is 0 Å². The number of benzene rings is 1. The Labute approximate surface area is 121 Å². The first-order chi connectivity index (χ1) is 9.26. The molecule has 0 radical (unpaired) electrons. The van der Waals surface area contributed by atoms with Gasteiger partial charge in [0, 0.05) is 5.02 Å². The Morgan fingerprint density at radius 2 is 1.63 bits per heavy atom. The van der Waals surface area contributed by atoms with E-state index in [4.69, 9.17) is 11.6 Å². The molecule has 4 atom stereocenters. The molecule has 1 heteroatoms. The molecule has 1 aromatic rings. The molecule has 0 N–H and O–H groups in total. The molecule has 0 aromatic heterocycles. The van der Waals surface area contributed by atoms with Crippen LogP contribution in [0.15, 0.2) is 36.9 Å². The van der Waals surface area contributed by atoms with Gasteiger partial charge in [-0.05, 0) is 79.9 Å². The molecule has 0 heterocycles. The van der Waals surface area contributed by atoms with Gasteiger partial charge in [0.25, 0.3) is 0 Å². The van der Waals surface area contributed by atoms with Crippen LogP contribution in [0.3, 0.4) is 0 Å². The van der Waals surface area contributed by atoms with Crippen molar-refractivity contribution >= 4 is 11.6 Å². The van der Waals surface area contributed by atoms with Crippen molar-refractivity contribution in [3.05, 3.63) is 47.5 Å². The third kappa shape index (κ3) is 2.89. The van der Waals surface area contributed by atoms with Gasteiger partial charge in [-0.15, -0.1) is 6.58 Å². The first-order valence-electron chi connectivity index (χ1n) is 7.64. The summed E-state index contributed by atoms with van der Waals surface area (Å²) >= 11 is 5.98. The quantitative estimate of drug-likeness (QED) is 0.596. The van der Waals surface area contributed by atoms with Crippen LogP contribution < -0.4 is 0 Å². The molecule has 0 amide bonds. The van der Waals surface area contributed by atoms with Crippen molar-refractivity contribution in [2.24, 2.45) is 17.8 Å². The highest BCUT2D eigenvalue weighted by molar-refractivity contribution is 6.30. The van der Waals surface area contributed by atoms with Crippen LogP contribution in [-0.4, -0.2) is 0 Å². The van der Waals surface area contributed by atoms with Crippen LogP contribution in [0.25, 0.3) is 0 Å². The Morgan fingerprint density at radius 1 is 0.947 bits per heavy atom. The Morgan fingerprint density at radius 3 is 2.37 bits per heavy atom. The second-order valence-electron chi connectivity index (χ2n) is 6.39. The lowest BCUT2D eigenvalue weighted by Gasteiger charge is -2.41. The number of allylic oxidation sites excluding steroid dienone is 1. The molecule has 1 aromatic carbocycles. The van der Waals surface area contributed by atoms with Gasteiger partial charge in [0.05, 0.1) is 0 Å². The number of fused-ring (bicyclic) bond motifs is 1. The predicted octanol–water partition coefficient (Wildman–Crippen LogP) is 5.83. The average molecular weight is 275 g/mol. The summed E-state index contributed by atoms with van der Waals surface area (Å²) in [5, 5.41) is 0.851. The minimum atomic E-state index is 0.763. The van der Waals surface area contributed by atoms with Crippen LogP contribution in [0.1, 0.15) is 50.0 Å². The smallest absolute Gasteiger partial charge is 0.0406 e. The van der Waals surface area contributed by atoms with Gasteiger partial charge in [-0.2, -0.15) is 0 Å². The zero-order chi connectivity index (χ0) is 13.2. The van der Waals surface area contributed by atoms with E-state index in [1.165, 1.54) is 44.1 Å². The van der Waals surface area contributed by atoms with E-state index in [1.807, 2.05) is 12.1 Å². The third-order valence-electron chi connectivity index (χ3n) is 5.33. The van der Waals surface area contributed by atoms with Crippen molar-refractivity contribution in [2.75, 3.05) is 0 Å². The van der Waals surface area contributed by atoms with Crippen LogP contribution in [0, 0.1) is 17.8 Å². The normalized spacial score (nSPS) is 34.6. The fourth-order valence-corrected chi connectivity index (χ4v) is 4.30. The summed E-state index contributed by atoms with van der Waals surface area (Å²) in [5.41, 5.74) is 1.49. The standard InChI is InChI=1S/C18H23Cl/c1-2-13-3-4-17-12-16(6-5-15(17)11-13)14-7-9-18(19)10-8-14/h2,7-10,13,15-17H,1,3-6,11-12H2. The Balaban J connectivity index is 1.66. The SMILES string of the molecule is C=CC1CCC2CC(c3ccc(Cl)cc3)CCC2C1. The van der Waals surface area contributed by atoms with E-state index in [0.29, 0.717) is 0 Å². The summed E-state index contributed by atoms with van der Waals surface area (Å²) in [6.45, 7) is 3.98. The highest BCUT2D eigenvalue weighted by atomic mass is 35.5. The summed E-state index contributed by atoms with van der Waals surface area (Å²) in [6.07, 6.45) is 10.5. The van der Waals surface area contributed by atoms with E-state index < -0.39 is 0 Å². The van der Waals surface area contributed by atoms with Gasteiger partial charge in [0.15, 0.2) is 0 Å². The van der Waals surface area contributed by atoms with Gasteiger partial charge >= 0.3 is 0 Å². The molecular formula is C18H23Cl. The molecule has 4 unspecified atom stereocenters. The van der Waals surface area contributed by atoms with Crippen LogP contribution >= 0.6 is 11.6 Å². The minimum Gasteiger partial charge on any atom is -0.103 e. The van der Waals surface area contributed by atoms with E-state index in [0.717, 1.165) is 28.7 Å². The fourth-order valence-electron chi connectivity index (χ4n) is 4.18. The highest BCUT2D eigenvalue weighted by Crippen LogP contribution is 2.47. The second-order valence-corrected chi connectivity index (χ2v) is 6.83. The van der Waals surface area contributed by atoms with Crippen molar-refractivity contribution in [1.82, 2.24) is 0 Å². The Bertz CT molecular complexity index is 434. The first-order valence-corrected chi connectivity index (χ1v) is 8.02. The zero-order valence-corrected chi connectivity index (χ0v) is 12.3. The lowest BCUT2D eigenvalue weighted by Crippen LogP contribution is -2.29. The molecule has 2 aliphatic rings. The molecular weight excluding hydrogens is 252 g/mol. The molecule has 2 aliphatic carbocycles. The van der Waals surface area contributed by atoms with Crippen LogP contribution in [0.2, 0.25) is 5.02 Å². The van der Waals surface area contributed by atoms with E-state index in [-0.39, 0.29) is 0 Å². The van der Waals surface area contributed by atoms with Gasteiger partial charge in [-0.25, -0.2) is 0 Å². The maximum absolute atomic E-state index is 5.98. The lowest BCUT2D eigenvalue weighted by molar-refractivity contribution is 0.133. The molecule has 102 valence electrons. The molecule has 0 nitrogen and oxygen atoms in total. The number of hydrogen-bond donors (Lipinski definition) is 0. The minimum absolute atomic E-state index is 0.763. The molecule has 2 saturated carbocycles. The van der Waals surface area contributed by atoms with Crippen LogP contribution in [0.5, 0.6) is 0 Å². The summed E-state index contributed by atoms with van der Waals surface area (Å²) in [7, 11) is 0. The predicted molar refractivity (Wildman–Crippen MR) is 82.6 cm³/mol. The summed E-state index contributed by atoms with van der Waals surface area (Å²) in [5.74, 6) is 3.46. The molecule has 19 heavy (non-hydrogen) atoms. The van der Waals surface area contributed by atoms with Crippen LogP contribution in [0.4, 0.5) is 0 Å². The summed E-state index contributed by atoms with van der Waals surface area (Å²) in [4.78, 5) is 0. The monoisotopic (exact) mass is 274 g/mol. The van der Waals surface area contributed by atoms with Gasteiger partial charge in [0.1, 0.15) is 0 Å². The van der Waals surface area contributed by atoms with Crippen molar-refractivity contribution in [2.45, 2.75) is 44.4 Å². The van der Waals surface area contributed by atoms with Crippen LogP contribution in [-0.2, 0) is 0 Å². The lowest BCUT2D eigenvalue weighted by atomic mass is 9.64. The van der Waals surface area contributed by atoms with Crippen molar-refractivity contribution < 1.29 is 0 Å². The maximum atomic E-state index is 5.98. The molecule has 0 spiro atoms. The van der Waals surface area contributed by atoms with Gasteiger partial charge in [-0.3, -0.25) is 0 Å². The molecule has 0 bridgehead atoms. The summed E-state index contributed by atoms with van der Waals surface area (Å²) < 4.78 is 0. The van der Waals surface area contributed by atoms with Crippen molar-refractivity contribution in [1.29, 1.82) is 0 Å². The van der Waals surface area contributed by atoms with Gasteiger partial charge < -0.3 is 0 Å². The molecule has 0 aliphatic heterocycles. The Hall–Kier alpha value is -0.750. The van der Waals surface area contributed by atoms with E-state index in [1.54, 1.807) is 0 Å². The average Bonchev–Trinajstić information content (AvgIpc) is 2.47. The Kier molecular flexibility index (Phi) is 3.98. The van der Waals surface area contributed by atoms with Crippen molar-refractivity contribution in [3.63, 3.8) is 0 Å². The molecule has 2 fully saturated rings. The number of hydrogen-bond acceptors (Lipinski definition) is 0. The summed E-state index contributed by atoms with van der Waals surface area (Å²) in [6, 6.07) is 8.53. The fraction of sp³-hybridized carbons (Fsp3) is 0.556. The number of rotatable bonds is 2. The van der Waals surface area contributed by atoms with E-state index in [2.05, 4.69) is 24.8 Å². The van der Waals surface area contributed by atoms with E-state index >= 15 is 0 Å².